The number of aryl methyl sites for hydroxylation is 1. The lowest BCUT2D eigenvalue weighted by Gasteiger charge is -2.36. The van der Waals surface area contributed by atoms with Gasteiger partial charge in [-0.1, -0.05) is 310 Å². The highest BCUT2D eigenvalue weighted by Gasteiger charge is 2.42. The Kier molecular flexibility index (Phi) is 27.5. The molecule has 0 bridgehead atoms. The van der Waals surface area contributed by atoms with Crippen LogP contribution < -0.4 is 0 Å². The van der Waals surface area contributed by atoms with Crippen LogP contribution in [0, 0.1) is 6.92 Å². The average molecular weight is 2000 g/mol. The maximum atomic E-state index is 13.7. The van der Waals surface area contributed by atoms with Gasteiger partial charge in [-0.3, -0.25) is 24.0 Å². The van der Waals surface area contributed by atoms with E-state index in [2.05, 4.69) is 185 Å². The third-order valence-corrected chi connectivity index (χ3v) is 29.9. The van der Waals surface area contributed by atoms with Crippen molar-refractivity contribution < 1.29 is 37.1 Å². The molecule has 5 aliphatic rings. The molecule has 0 saturated heterocycles. The number of hydrogen-bond donors (Lipinski definition) is 5. The number of amides is 5. The molecule has 21 heteroatoms. The number of benzene rings is 15. The van der Waals surface area contributed by atoms with Crippen LogP contribution in [0.25, 0.3) is 54.5 Å². The molecule has 25 rings (SSSR count). The fourth-order valence-electron chi connectivity index (χ4n) is 21.9. The lowest BCUT2D eigenvalue weighted by Crippen LogP contribution is -2.40. The molecule has 0 spiro atoms. The van der Waals surface area contributed by atoms with Crippen LogP contribution in [-0.2, 0) is 43.7 Å². The van der Waals surface area contributed by atoms with Crippen molar-refractivity contribution in [1.82, 2.24) is 49.4 Å². The number of para-hydroxylation sites is 5. The fraction of sp³-hybridized carbons (Fsp3) is 0.167. The lowest BCUT2D eigenvalue weighted by molar-refractivity contribution is -0.137. The van der Waals surface area contributed by atoms with E-state index in [-0.39, 0.29) is 64.7 Å². The number of rotatable bonds is 10. The minimum atomic E-state index is -4.45. The van der Waals surface area contributed by atoms with Gasteiger partial charge in [-0.25, -0.2) is 0 Å². The number of fused-ring (bicyclic) bond motifs is 15. The maximum Gasteiger partial charge on any atom is 0.416 e. The number of carbonyl (C=O) groups excluding carboxylic acids is 5. The molecule has 732 valence electrons. The summed E-state index contributed by atoms with van der Waals surface area (Å²) in [5.41, 5.74) is 27.3. The van der Waals surface area contributed by atoms with E-state index in [1.54, 1.807) is 41.3 Å². The maximum absolute atomic E-state index is 13.7. The molecule has 5 atom stereocenters. The number of aromatic nitrogens is 5. The molecule has 0 fully saturated rings. The number of aromatic amines is 5. The van der Waals surface area contributed by atoms with Gasteiger partial charge in [0.25, 0.3) is 29.5 Å². The van der Waals surface area contributed by atoms with Crippen molar-refractivity contribution in [1.29, 1.82) is 0 Å². The standard InChI is InChI=1S/C28H28N2O.C25H18ClF3N2O.C25H22N2O.2C24H19ClN2O/c1-28(2,3)21-15-13-20(14-16-21)27(31)30-18-17-23-22-11-7-8-12-24(22)29-25(23)26(30)19-9-5-4-6-10-19;26-18-11-7-15(8-12-18)23-22-20(19-3-1-2-4-21(19)30-22)13-14-31(23)24(32)16-5-9-17(10-6-16)25(27,28)29;1-17-9-5-6-12-19(17)25(28)27-16-15-21-20-13-7-8-14-22(20)26-23(21)24(27)18-10-3-2-4-11-18;25-18-12-10-16(11-13-18)23-22-20(19-8-4-5-9-21(19)26-22)14-15-27(23)24(28)17-6-2-1-3-7-17;25-18-12-10-17(11-13-18)24(28)27-15-14-20-19-8-4-5-9-21(19)26-22(20)23(27)16-6-2-1-3-7-16/h4-16,26,29H,17-18H2,1-3H3;1-12,23,30H,13-14H2;2-14,24,26H,15-16H2,1H3;2*1-13,23,26H,14-15H2. The number of nitrogens with zero attached hydrogens (tertiary/aromatic N) is 5. The lowest BCUT2D eigenvalue weighted by atomic mass is 9.86. The largest absolute Gasteiger partial charge is 0.416 e. The van der Waals surface area contributed by atoms with Gasteiger partial charge in [0, 0.05) is 159 Å². The number of nitrogens with one attached hydrogen (secondary N) is 5. The second-order valence-electron chi connectivity index (χ2n) is 39.0. The average Bonchev–Trinajstić information content (AvgIpc) is 1.65. The normalized spacial score (nSPS) is 16.2. The number of carbonyl (C=O) groups is 5. The third kappa shape index (κ3) is 19.7. The molecule has 0 radical (unpaired) electrons. The van der Waals surface area contributed by atoms with Crippen LogP contribution in [0.4, 0.5) is 13.2 Å². The summed E-state index contributed by atoms with van der Waals surface area (Å²) in [6, 6.07) is 124. The SMILES string of the molecule is CC(C)(C)c1ccc(C(=O)N2CCc3c([nH]c4ccccc34)C2c2ccccc2)cc1.Cc1ccccc1C(=O)N1CCc2c([nH]c3ccccc23)C1c1ccccc1.O=C(c1ccc(C(F)(F)F)cc1)N1CCc2c([nH]c3ccccc23)C1c1ccc(Cl)cc1.O=C(c1ccc(Cl)cc1)N1CCc2c([nH]c3ccccc23)C1c1ccccc1.O=C(c1ccccc1)N1CCc2c([nH]c3ccccc23)C1c1ccc(Cl)cc1. The van der Waals surface area contributed by atoms with Gasteiger partial charge in [-0.05, 0) is 245 Å². The Labute approximate surface area is 865 Å². The third-order valence-electron chi connectivity index (χ3n) is 29.1. The molecule has 0 aliphatic carbocycles. The molecule has 5 aliphatic heterocycles. The summed E-state index contributed by atoms with van der Waals surface area (Å²) in [4.78, 5) is 95.0. The van der Waals surface area contributed by atoms with Crippen LogP contribution in [0.3, 0.4) is 0 Å². The first-order valence-corrected chi connectivity index (χ1v) is 50.9. The van der Waals surface area contributed by atoms with Gasteiger partial charge in [0.05, 0.1) is 35.8 Å². The van der Waals surface area contributed by atoms with Crippen molar-refractivity contribution in [3.05, 3.63) is 532 Å². The molecule has 20 aromatic rings. The van der Waals surface area contributed by atoms with Crippen LogP contribution in [-0.4, -0.2) is 112 Å². The highest BCUT2D eigenvalue weighted by Crippen LogP contribution is 2.47. The van der Waals surface area contributed by atoms with E-state index in [1.165, 1.54) is 61.5 Å². The molecular formula is C126H106Cl3F3N10O5. The van der Waals surface area contributed by atoms with Crippen molar-refractivity contribution in [2.75, 3.05) is 32.7 Å². The molecule has 15 aromatic carbocycles. The highest BCUT2D eigenvalue weighted by molar-refractivity contribution is 6.31. The van der Waals surface area contributed by atoms with Crippen LogP contribution in [0.5, 0.6) is 0 Å². The minimum Gasteiger partial charge on any atom is -0.356 e. The Balaban J connectivity index is 0.000000108. The zero-order valence-corrected chi connectivity index (χ0v) is 83.7. The molecule has 5 unspecified atom stereocenters. The second kappa shape index (κ2) is 41.6. The molecule has 5 amide bonds. The van der Waals surface area contributed by atoms with Gasteiger partial charge < -0.3 is 49.4 Å². The van der Waals surface area contributed by atoms with Crippen molar-refractivity contribution in [2.45, 2.75) is 102 Å². The Morgan fingerprint density at radius 3 is 0.741 bits per heavy atom. The predicted octanol–water partition coefficient (Wildman–Crippen LogP) is 29.4. The second-order valence-corrected chi connectivity index (χ2v) is 40.3. The van der Waals surface area contributed by atoms with E-state index in [0.29, 0.717) is 65.3 Å². The van der Waals surface area contributed by atoms with Gasteiger partial charge in [-0.15, -0.1) is 0 Å². The van der Waals surface area contributed by atoms with Gasteiger partial charge in [0.2, 0.25) is 0 Å². The molecule has 10 heterocycles. The van der Waals surface area contributed by atoms with E-state index in [9.17, 15) is 37.1 Å². The quantitative estimate of drug-likeness (QED) is 0.0912. The zero-order chi connectivity index (χ0) is 101. The summed E-state index contributed by atoms with van der Waals surface area (Å²) in [7, 11) is 0. The van der Waals surface area contributed by atoms with Crippen molar-refractivity contribution in [2.24, 2.45) is 0 Å². The Hall–Kier alpha value is -16.0. The van der Waals surface area contributed by atoms with Gasteiger partial charge in [-0.2, -0.15) is 13.2 Å². The molecule has 15 nitrogen and oxygen atoms in total. The summed E-state index contributed by atoms with van der Waals surface area (Å²) in [5.74, 6) is -0.0717. The summed E-state index contributed by atoms with van der Waals surface area (Å²) >= 11 is 18.2. The van der Waals surface area contributed by atoms with Crippen molar-refractivity contribution >= 4 is 119 Å². The van der Waals surface area contributed by atoms with Crippen molar-refractivity contribution in [3.63, 3.8) is 0 Å². The summed E-state index contributed by atoms with van der Waals surface area (Å²) < 4.78 is 38.8. The summed E-state index contributed by atoms with van der Waals surface area (Å²) in [6.07, 6.45) is -0.410. The van der Waals surface area contributed by atoms with Crippen molar-refractivity contribution in [3.8, 4) is 0 Å². The zero-order valence-electron chi connectivity index (χ0n) is 81.5. The molecule has 5 N–H and O–H groups in total. The summed E-state index contributed by atoms with van der Waals surface area (Å²) in [6.45, 7) is 11.8. The van der Waals surface area contributed by atoms with Crippen LogP contribution >= 0.6 is 34.8 Å². The first kappa shape index (κ1) is 97.1. The van der Waals surface area contributed by atoms with E-state index < -0.39 is 17.8 Å². The van der Waals surface area contributed by atoms with Crippen LogP contribution in [0.1, 0.15) is 204 Å². The highest BCUT2D eigenvalue weighted by atomic mass is 35.5. The topological polar surface area (TPSA) is 180 Å². The Morgan fingerprint density at radius 1 is 0.252 bits per heavy atom. The van der Waals surface area contributed by atoms with E-state index in [0.717, 1.165) is 149 Å². The molecule has 5 aromatic heterocycles. The predicted molar refractivity (Wildman–Crippen MR) is 582 cm³/mol. The van der Waals surface area contributed by atoms with Crippen LogP contribution in [0.15, 0.2) is 388 Å². The Morgan fingerprint density at radius 2 is 0.469 bits per heavy atom. The monoisotopic (exact) mass is 2000 g/mol. The van der Waals surface area contributed by atoms with E-state index in [4.69, 9.17) is 34.8 Å². The number of alkyl halides is 3. The molecule has 0 saturated carbocycles. The first-order valence-electron chi connectivity index (χ1n) is 49.8. The van der Waals surface area contributed by atoms with E-state index in [1.807, 2.05) is 215 Å². The number of hydrogen-bond acceptors (Lipinski definition) is 5. The molecule has 147 heavy (non-hydrogen) atoms. The van der Waals surface area contributed by atoms with Gasteiger partial charge >= 0.3 is 6.18 Å². The van der Waals surface area contributed by atoms with Gasteiger partial charge in [0.15, 0.2) is 0 Å². The fourth-order valence-corrected chi connectivity index (χ4v) is 22.3. The Bertz CT molecular complexity index is 8230. The van der Waals surface area contributed by atoms with E-state index >= 15 is 0 Å². The number of halogens is 6. The first-order chi connectivity index (χ1) is 71.4. The van der Waals surface area contributed by atoms with Crippen LogP contribution in [0.2, 0.25) is 15.1 Å². The molecular weight excluding hydrogens is 1900 g/mol. The summed E-state index contributed by atoms with van der Waals surface area (Å²) in [5, 5.41) is 8.04. The smallest absolute Gasteiger partial charge is 0.356 e. The minimum absolute atomic E-state index is 0.0230. The number of H-pyrrole nitrogens is 5. The van der Waals surface area contributed by atoms with Gasteiger partial charge in [0.1, 0.15) is 0 Å².